The molecule has 0 spiro atoms. The van der Waals surface area contributed by atoms with Gasteiger partial charge in [-0.3, -0.25) is 9.59 Å². The quantitative estimate of drug-likeness (QED) is 0.291. The van der Waals surface area contributed by atoms with Crippen molar-refractivity contribution in [1.82, 2.24) is 9.99 Å². The summed E-state index contributed by atoms with van der Waals surface area (Å²) in [6.07, 6.45) is 0.305. The van der Waals surface area contributed by atoms with Gasteiger partial charge in [-0.15, -0.1) is 0 Å². The van der Waals surface area contributed by atoms with E-state index in [0.29, 0.717) is 45.5 Å². The molecule has 0 aliphatic carbocycles. The van der Waals surface area contributed by atoms with Gasteiger partial charge in [0.25, 0.3) is 5.56 Å². The van der Waals surface area contributed by atoms with Gasteiger partial charge >= 0.3 is 0 Å². The predicted octanol–water partition coefficient (Wildman–Crippen LogP) is 6.21. The summed E-state index contributed by atoms with van der Waals surface area (Å²) >= 11 is 6.19. The van der Waals surface area contributed by atoms with E-state index >= 15 is 0 Å². The van der Waals surface area contributed by atoms with Crippen LogP contribution in [0.25, 0.3) is 22.0 Å². The number of amides is 1. The second-order valence-corrected chi connectivity index (χ2v) is 10.3. The van der Waals surface area contributed by atoms with Gasteiger partial charge in [-0.2, -0.15) is 5.10 Å². The van der Waals surface area contributed by atoms with Crippen molar-refractivity contribution in [2.24, 2.45) is 11.0 Å². The first-order chi connectivity index (χ1) is 19.3. The number of hydrogen-bond acceptors (Lipinski definition) is 6. The maximum absolute atomic E-state index is 13.7. The molecule has 40 heavy (non-hydrogen) atoms. The van der Waals surface area contributed by atoms with E-state index in [-0.39, 0.29) is 17.4 Å². The van der Waals surface area contributed by atoms with Gasteiger partial charge in [0.2, 0.25) is 11.7 Å². The van der Waals surface area contributed by atoms with E-state index in [4.69, 9.17) is 30.9 Å². The minimum Gasteiger partial charge on any atom is -0.493 e. The highest BCUT2D eigenvalue weighted by atomic mass is 35.5. The average Bonchev–Trinajstić information content (AvgIpc) is 3.40. The molecule has 9 heteroatoms. The summed E-state index contributed by atoms with van der Waals surface area (Å²) in [5.41, 5.74) is 3.63. The molecular weight excluding hydrogens is 530 g/mol. The summed E-state index contributed by atoms with van der Waals surface area (Å²) < 4.78 is 16.6. The first-order valence-corrected chi connectivity index (χ1v) is 13.3. The molecule has 3 aromatic carbocycles. The average molecular weight is 560 g/mol. The maximum atomic E-state index is 13.7. The molecule has 0 radical (unpaired) electrons. The molecule has 1 atom stereocenters. The van der Waals surface area contributed by atoms with E-state index < -0.39 is 6.04 Å². The second-order valence-electron chi connectivity index (χ2n) is 9.82. The highest BCUT2D eigenvalue weighted by molar-refractivity contribution is 6.30. The fourth-order valence-electron chi connectivity index (χ4n) is 5.12. The van der Waals surface area contributed by atoms with Gasteiger partial charge in [0.05, 0.1) is 38.6 Å². The minimum absolute atomic E-state index is 0.168. The summed E-state index contributed by atoms with van der Waals surface area (Å²) in [6.45, 7) is 3.65. The number of para-hydroxylation sites is 1. The molecule has 8 nitrogen and oxygen atoms in total. The monoisotopic (exact) mass is 559 g/mol. The lowest BCUT2D eigenvalue weighted by Gasteiger charge is -2.25. The van der Waals surface area contributed by atoms with E-state index in [1.807, 2.05) is 62.4 Å². The molecule has 2 heterocycles. The number of methoxy groups -OCH3 is 3. The smallest absolute Gasteiger partial charge is 0.258 e. The molecule has 0 saturated heterocycles. The fourth-order valence-corrected chi connectivity index (χ4v) is 5.24. The van der Waals surface area contributed by atoms with Crippen LogP contribution >= 0.6 is 11.6 Å². The number of fused-ring (bicyclic) bond motifs is 1. The van der Waals surface area contributed by atoms with Crippen LogP contribution in [0.3, 0.4) is 0 Å². The van der Waals surface area contributed by atoms with Crippen molar-refractivity contribution in [3.63, 3.8) is 0 Å². The van der Waals surface area contributed by atoms with Crippen LogP contribution in [0.1, 0.15) is 37.4 Å². The van der Waals surface area contributed by atoms with E-state index in [2.05, 4.69) is 4.98 Å². The number of carbonyl (C=O) groups is 1. The summed E-state index contributed by atoms with van der Waals surface area (Å²) in [7, 11) is 4.62. The molecule has 1 N–H and O–H groups in total. The Hall–Kier alpha value is -4.30. The molecule has 1 aromatic heterocycles. The highest BCUT2D eigenvalue weighted by Crippen LogP contribution is 2.44. The molecule has 0 saturated carbocycles. The van der Waals surface area contributed by atoms with Gasteiger partial charge < -0.3 is 19.2 Å². The predicted molar refractivity (Wildman–Crippen MR) is 157 cm³/mol. The number of hydrogen-bond donors (Lipinski definition) is 1. The van der Waals surface area contributed by atoms with Crippen LogP contribution < -0.4 is 19.8 Å². The van der Waals surface area contributed by atoms with Crippen LogP contribution in [0.5, 0.6) is 17.2 Å². The fraction of sp³-hybridized carbons (Fsp3) is 0.258. The van der Waals surface area contributed by atoms with Crippen LogP contribution in [0.4, 0.5) is 0 Å². The topological polar surface area (TPSA) is 93.2 Å². The Morgan fingerprint density at radius 1 is 0.975 bits per heavy atom. The molecule has 0 fully saturated rings. The Kier molecular flexibility index (Phi) is 7.54. The molecule has 5 rings (SSSR count). The van der Waals surface area contributed by atoms with Crippen molar-refractivity contribution in [3.05, 3.63) is 87.2 Å². The number of benzene rings is 3. The SMILES string of the molecule is COc1cc([C@H]2CC(c3c(-c4ccc(Cl)cc4)c4ccccc4[nH]c3=O)=NN2C(=O)C(C)C)cc(OC)c1OC. The summed E-state index contributed by atoms with van der Waals surface area (Å²) in [5, 5.41) is 7.73. The molecule has 4 aromatic rings. The number of hydrazone groups is 1. The van der Waals surface area contributed by atoms with Crippen molar-refractivity contribution in [2.75, 3.05) is 21.3 Å². The number of nitrogens with one attached hydrogen (secondary N) is 1. The second kappa shape index (κ2) is 11.1. The van der Waals surface area contributed by atoms with E-state index in [9.17, 15) is 9.59 Å². The zero-order valence-corrected chi connectivity index (χ0v) is 23.7. The van der Waals surface area contributed by atoms with Crippen LogP contribution in [0, 0.1) is 5.92 Å². The number of carbonyl (C=O) groups excluding carboxylic acids is 1. The van der Waals surface area contributed by atoms with Gasteiger partial charge in [0.15, 0.2) is 11.5 Å². The summed E-state index contributed by atoms with van der Waals surface area (Å²) in [4.78, 5) is 30.2. The molecule has 1 amide bonds. The molecule has 0 bridgehead atoms. The van der Waals surface area contributed by atoms with Crippen LogP contribution in [-0.4, -0.2) is 42.9 Å². The lowest BCUT2D eigenvalue weighted by molar-refractivity contribution is -0.136. The van der Waals surface area contributed by atoms with Gasteiger partial charge in [0, 0.05) is 33.8 Å². The third kappa shape index (κ3) is 4.79. The maximum Gasteiger partial charge on any atom is 0.258 e. The largest absolute Gasteiger partial charge is 0.493 e. The normalized spacial score (nSPS) is 14.9. The van der Waals surface area contributed by atoms with Crippen molar-refractivity contribution >= 4 is 34.1 Å². The van der Waals surface area contributed by atoms with Gasteiger partial charge in [-0.25, -0.2) is 5.01 Å². The Morgan fingerprint density at radius 2 is 1.62 bits per heavy atom. The molecular formula is C31H30ClN3O5. The van der Waals surface area contributed by atoms with E-state index in [1.165, 1.54) is 12.1 Å². The van der Waals surface area contributed by atoms with Crippen molar-refractivity contribution in [3.8, 4) is 28.4 Å². The number of halogens is 1. The summed E-state index contributed by atoms with van der Waals surface area (Å²) in [6, 6.07) is 18.1. The standard InChI is InChI=1S/C31H30ClN3O5/c1-17(2)31(37)35-24(19-14-25(38-3)29(40-5)26(15-19)39-4)16-23(34-35)28-27(18-10-12-20(32)13-11-18)21-8-6-7-9-22(21)33-30(28)36/h6-15,17,24H,16H2,1-5H3,(H,33,36)/t24-/m1/s1. The Labute approximate surface area is 237 Å². The van der Waals surface area contributed by atoms with Gasteiger partial charge in [-0.05, 0) is 41.5 Å². The van der Waals surface area contributed by atoms with E-state index in [1.54, 1.807) is 26.4 Å². The Bertz CT molecular complexity index is 1650. The van der Waals surface area contributed by atoms with Crippen molar-refractivity contribution in [1.29, 1.82) is 0 Å². The third-order valence-electron chi connectivity index (χ3n) is 7.05. The van der Waals surface area contributed by atoms with Crippen molar-refractivity contribution < 1.29 is 19.0 Å². The van der Waals surface area contributed by atoms with Gasteiger partial charge in [0.1, 0.15) is 0 Å². The van der Waals surface area contributed by atoms with Crippen LogP contribution in [-0.2, 0) is 4.79 Å². The number of rotatable bonds is 7. The summed E-state index contributed by atoms with van der Waals surface area (Å²) in [5.74, 6) is 0.892. The number of nitrogens with zero attached hydrogens (tertiary/aromatic N) is 2. The first-order valence-electron chi connectivity index (χ1n) is 12.9. The lowest BCUT2D eigenvalue weighted by Crippen LogP contribution is -2.30. The minimum atomic E-state index is -0.498. The third-order valence-corrected chi connectivity index (χ3v) is 7.30. The lowest BCUT2D eigenvalue weighted by atomic mass is 9.91. The first kappa shape index (κ1) is 27.3. The Morgan fingerprint density at radius 3 is 2.23 bits per heavy atom. The number of ether oxygens (including phenoxy) is 3. The zero-order chi connectivity index (χ0) is 28.6. The number of aromatic amines is 1. The molecule has 1 aliphatic rings. The highest BCUT2D eigenvalue weighted by Gasteiger charge is 2.37. The number of H-pyrrole nitrogens is 1. The van der Waals surface area contributed by atoms with E-state index in [0.717, 1.165) is 22.1 Å². The van der Waals surface area contributed by atoms with Gasteiger partial charge in [-0.1, -0.05) is 55.8 Å². The van der Waals surface area contributed by atoms with Crippen molar-refractivity contribution in [2.45, 2.75) is 26.3 Å². The molecule has 0 unspecified atom stereocenters. The molecule has 1 aliphatic heterocycles. The van der Waals surface area contributed by atoms with Crippen LogP contribution in [0.2, 0.25) is 5.02 Å². The zero-order valence-electron chi connectivity index (χ0n) is 22.9. The number of pyridine rings is 1. The Balaban J connectivity index is 1.72. The van der Waals surface area contributed by atoms with Crippen LogP contribution in [0.15, 0.2) is 70.6 Å². The number of aromatic nitrogens is 1. The molecule has 206 valence electrons.